The van der Waals surface area contributed by atoms with Crippen LogP contribution in [0.15, 0.2) is 18.2 Å². The van der Waals surface area contributed by atoms with E-state index in [2.05, 4.69) is 0 Å². The largest absolute Gasteiger partial charge is 0.508 e. The molecule has 0 aliphatic carbocycles. The van der Waals surface area contributed by atoms with Gasteiger partial charge in [-0.1, -0.05) is 0 Å². The molecule has 0 bridgehead atoms. The van der Waals surface area contributed by atoms with Crippen molar-refractivity contribution >= 4 is 5.91 Å². The summed E-state index contributed by atoms with van der Waals surface area (Å²) in [5, 5.41) is 9.14. The third-order valence-corrected chi connectivity index (χ3v) is 2.07. The first kappa shape index (κ1) is 7.16. The maximum absolute atomic E-state index is 11.4. The molecule has 0 saturated heterocycles. The molecular formula is C9H9NO2. The van der Waals surface area contributed by atoms with Gasteiger partial charge in [-0.25, -0.2) is 0 Å². The summed E-state index contributed by atoms with van der Waals surface area (Å²) >= 11 is 0. The average Bonchev–Trinajstić information content (AvgIpc) is 2.28. The van der Waals surface area contributed by atoms with Gasteiger partial charge in [-0.15, -0.1) is 0 Å². The average molecular weight is 163 g/mol. The van der Waals surface area contributed by atoms with Crippen molar-refractivity contribution in [3.05, 3.63) is 29.3 Å². The molecule has 0 unspecified atom stereocenters. The maximum Gasteiger partial charge on any atom is 0.254 e. The highest BCUT2D eigenvalue weighted by Crippen LogP contribution is 2.24. The Hall–Kier alpha value is -1.51. The molecule has 1 aliphatic heterocycles. The third kappa shape index (κ3) is 0.863. The van der Waals surface area contributed by atoms with Crippen LogP contribution in [0.4, 0.5) is 0 Å². The molecule has 3 nitrogen and oxygen atoms in total. The van der Waals surface area contributed by atoms with Crippen LogP contribution in [0, 0.1) is 0 Å². The summed E-state index contributed by atoms with van der Waals surface area (Å²) in [7, 11) is 1.75. The minimum Gasteiger partial charge on any atom is -0.508 e. The molecule has 0 radical (unpaired) electrons. The van der Waals surface area contributed by atoms with Crippen LogP contribution in [0.25, 0.3) is 0 Å². The van der Waals surface area contributed by atoms with Crippen molar-refractivity contribution in [1.82, 2.24) is 4.90 Å². The van der Waals surface area contributed by atoms with Gasteiger partial charge in [0.25, 0.3) is 5.91 Å². The van der Waals surface area contributed by atoms with Crippen molar-refractivity contribution < 1.29 is 9.90 Å². The molecule has 1 amide bonds. The molecule has 0 saturated carbocycles. The van der Waals surface area contributed by atoms with Crippen LogP contribution < -0.4 is 0 Å². The number of amides is 1. The van der Waals surface area contributed by atoms with Crippen LogP contribution in [-0.2, 0) is 6.54 Å². The summed E-state index contributed by atoms with van der Waals surface area (Å²) in [6.45, 7) is 0.600. The minimum atomic E-state index is 0.0324. The Labute approximate surface area is 70.2 Å². The SMILES string of the molecule is CN1Cc2cc(O)ccc2C1=O. The lowest BCUT2D eigenvalue weighted by Crippen LogP contribution is -2.17. The van der Waals surface area contributed by atoms with Crippen LogP contribution in [0.2, 0.25) is 0 Å². The van der Waals surface area contributed by atoms with Crippen molar-refractivity contribution in [3.8, 4) is 5.75 Å². The molecule has 1 aliphatic rings. The molecule has 0 aromatic heterocycles. The second-order valence-corrected chi connectivity index (χ2v) is 3.00. The number of nitrogens with zero attached hydrogens (tertiary/aromatic N) is 1. The maximum atomic E-state index is 11.4. The predicted molar refractivity (Wildman–Crippen MR) is 43.9 cm³/mol. The Morgan fingerprint density at radius 1 is 1.50 bits per heavy atom. The molecule has 1 aromatic carbocycles. The molecule has 1 N–H and O–H groups in total. The molecule has 62 valence electrons. The van der Waals surface area contributed by atoms with Crippen LogP contribution in [0.3, 0.4) is 0 Å². The van der Waals surface area contributed by atoms with E-state index < -0.39 is 0 Å². The first-order valence-electron chi connectivity index (χ1n) is 3.76. The number of phenolic OH excluding ortho intramolecular Hbond substituents is 1. The van der Waals surface area contributed by atoms with Crippen molar-refractivity contribution in [2.75, 3.05) is 7.05 Å². The van der Waals surface area contributed by atoms with E-state index in [1.54, 1.807) is 24.1 Å². The van der Waals surface area contributed by atoms with Gasteiger partial charge < -0.3 is 10.0 Å². The fourth-order valence-electron chi connectivity index (χ4n) is 1.45. The normalized spacial score (nSPS) is 15.1. The first-order valence-corrected chi connectivity index (χ1v) is 3.76. The molecule has 3 heteroatoms. The summed E-state index contributed by atoms with van der Waals surface area (Å²) in [5.74, 6) is 0.252. The zero-order chi connectivity index (χ0) is 8.72. The highest BCUT2D eigenvalue weighted by atomic mass is 16.3. The summed E-state index contributed by atoms with van der Waals surface area (Å²) in [6, 6.07) is 4.84. The van der Waals surface area contributed by atoms with Crippen LogP contribution in [0.5, 0.6) is 5.75 Å². The number of aromatic hydroxyl groups is 1. The number of rotatable bonds is 0. The lowest BCUT2D eigenvalue weighted by Gasteiger charge is -2.04. The highest BCUT2D eigenvalue weighted by molar-refractivity contribution is 5.98. The second-order valence-electron chi connectivity index (χ2n) is 3.00. The zero-order valence-corrected chi connectivity index (χ0v) is 6.74. The topological polar surface area (TPSA) is 40.5 Å². The molecule has 0 atom stereocenters. The van der Waals surface area contributed by atoms with E-state index in [4.69, 9.17) is 5.11 Å². The second kappa shape index (κ2) is 2.24. The molecule has 2 rings (SSSR count). The molecular weight excluding hydrogens is 154 g/mol. The van der Waals surface area contributed by atoms with Crippen molar-refractivity contribution in [2.24, 2.45) is 0 Å². The van der Waals surface area contributed by atoms with Gasteiger partial charge in [-0.2, -0.15) is 0 Å². The Kier molecular flexibility index (Phi) is 1.33. The Morgan fingerprint density at radius 2 is 2.25 bits per heavy atom. The fourth-order valence-corrected chi connectivity index (χ4v) is 1.45. The third-order valence-electron chi connectivity index (χ3n) is 2.07. The molecule has 0 spiro atoms. The molecule has 0 fully saturated rings. The van der Waals surface area contributed by atoms with E-state index in [1.165, 1.54) is 6.07 Å². The number of carbonyl (C=O) groups is 1. The quantitative estimate of drug-likeness (QED) is 0.619. The number of fused-ring (bicyclic) bond motifs is 1. The highest BCUT2D eigenvalue weighted by Gasteiger charge is 2.23. The Balaban J connectivity index is 2.54. The predicted octanol–water partition coefficient (Wildman–Crippen LogP) is 0.978. The van der Waals surface area contributed by atoms with E-state index in [1.807, 2.05) is 0 Å². The van der Waals surface area contributed by atoms with Gasteiger partial charge in [0.2, 0.25) is 0 Å². The smallest absolute Gasteiger partial charge is 0.254 e. The van der Waals surface area contributed by atoms with Crippen LogP contribution in [0.1, 0.15) is 15.9 Å². The summed E-state index contributed by atoms with van der Waals surface area (Å²) in [6.07, 6.45) is 0. The fraction of sp³-hybridized carbons (Fsp3) is 0.222. The molecule has 1 aromatic rings. The first-order chi connectivity index (χ1) is 5.68. The van der Waals surface area contributed by atoms with Crippen LogP contribution >= 0.6 is 0 Å². The van der Waals surface area contributed by atoms with E-state index in [0.29, 0.717) is 12.1 Å². The number of carbonyl (C=O) groups excluding carboxylic acids is 1. The van der Waals surface area contributed by atoms with Crippen molar-refractivity contribution in [2.45, 2.75) is 6.54 Å². The van der Waals surface area contributed by atoms with Gasteiger partial charge in [-0.05, 0) is 23.8 Å². The van der Waals surface area contributed by atoms with E-state index >= 15 is 0 Å². The molecule has 1 heterocycles. The van der Waals surface area contributed by atoms with Crippen LogP contribution in [-0.4, -0.2) is 23.0 Å². The number of phenols is 1. The van der Waals surface area contributed by atoms with Gasteiger partial charge in [0.15, 0.2) is 0 Å². The summed E-state index contributed by atoms with van der Waals surface area (Å²) in [5.41, 5.74) is 1.61. The van der Waals surface area contributed by atoms with Gasteiger partial charge >= 0.3 is 0 Å². The van der Waals surface area contributed by atoms with E-state index in [-0.39, 0.29) is 11.7 Å². The summed E-state index contributed by atoms with van der Waals surface area (Å²) in [4.78, 5) is 13.0. The van der Waals surface area contributed by atoms with E-state index in [9.17, 15) is 4.79 Å². The Bertz CT molecular complexity index is 346. The zero-order valence-electron chi connectivity index (χ0n) is 6.74. The van der Waals surface area contributed by atoms with Crippen molar-refractivity contribution in [3.63, 3.8) is 0 Å². The van der Waals surface area contributed by atoms with Crippen molar-refractivity contribution in [1.29, 1.82) is 0 Å². The number of hydrogen-bond acceptors (Lipinski definition) is 2. The standard InChI is InChI=1S/C9H9NO2/c1-10-5-6-4-7(11)2-3-8(6)9(10)12/h2-4,11H,5H2,1H3. The number of hydrogen-bond donors (Lipinski definition) is 1. The monoisotopic (exact) mass is 163 g/mol. The lowest BCUT2D eigenvalue weighted by molar-refractivity contribution is 0.0816. The van der Waals surface area contributed by atoms with E-state index in [0.717, 1.165) is 5.56 Å². The number of benzene rings is 1. The minimum absolute atomic E-state index is 0.0324. The lowest BCUT2D eigenvalue weighted by atomic mass is 10.1. The van der Waals surface area contributed by atoms with Gasteiger partial charge in [0.05, 0.1) is 0 Å². The Morgan fingerprint density at radius 3 is 3.00 bits per heavy atom. The molecule has 12 heavy (non-hydrogen) atoms. The van der Waals surface area contributed by atoms with Gasteiger partial charge in [-0.3, -0.25) is 4.79 Å². The summed E-state index contributed by atoms with van der Waals surface area (Å²) < 4.78 is 0. The van der Waals surface area contributed by atoms with Gasteiger partial charge in [0.1, 0.15) is 5.75 Å². The van der Waals surface area contributed by atoms with Gasteiger partial charge in [0, 0.05) is 19.2 Å².